The van der Waals surface area contributed by atoms with Crippen LogP contribution in [0.4, 0.5) is 5.69 Å². The van der Waals surface area contributed by atoms with Crippen molar-refractivity contribution in [3.05, 3.63) is 29.3 Å². The van der Waals surface area contributed by atoms with E-state index in [9.17, 15) is 4.79 Å². The number of rotatable bonds is 2. The summed E-state index contributed by atoms with van der Waals surface area (Å²) in [5.74, 6) is -0.544. The number of nitrogens with two attached hydrogens (primary N) is 2. The molecule has 4 nitrogen and oxygen atoms in total. The van der Waals surface area contributed by atoms with Crippen LogP contribution in [0.3, 0.4) is 0 Å². The van der Waals surface area contributed by atoms with E-state index in [4.69, 9.17) is 16.6 Å². The third kappa shape index (κ3) is 1.73. The van der Waals surface area contributed by atoms with Crippen LogP contribution < -0.4 is 11.5 Å². The number of nitrogen functional groups attached to an aromatic ring is 1. The van der Waals surface area contributed by atoms with Crippen LogP contribution in [0, 0.1) is 0 Å². The van der Waals surface area contributed by atoms with Gasteiger partial charge in [-0.15, -0.1) is 0 Å². The molecule has 5 N–H and O–H groups in total. The van der Waals surface area contributed by atoms with Gasteiger partial charge in [-0.2, -0.15) is 0 Å². The van der Waals surface area contributed by atoms with Gasteiger partial charge in [0.05, 0.1) is 6.61 Å². The van der Waals surface area contributed by atoms with Crippen LogP contribution in [0.2, 0.25) is 0 Å². The van der Waals surface area contributed by atoms with Crippen molar-refractivity contribution in [2.24, 2.45) is 5.73 Å². The molecule has 0 heterocycles. The van der Waals surface area contributed by atoms with Crippen molar-refractivity contribution in [2.75, 3.05) is 5.73 Å². The fourth-order valence-electron chi connectivity index (χ4n) is 0.952. The Morgan fingerprint density at radius 1 is 1.42 bits per heavy atom. The summed E-state index contributed by atoms with van der Waals surface area (Å²) in [6, 6.07) is 4.58. The van der Waals surface area contributed by atoms with Gasteiger partial charge < -0.3 is 16.6 Å². The second-order valence-corrected chi connectivity index (χ2v) is 2.49. The third-order valence-corrected chi connectivity index (χ3v) is 1.48. The lowest BCUT2D eigenvalue weighted by Crippen LogP contribution is -2.11. The fraction of sp³-hybridized carbons (Fsp3) is 0.125. The Hall–Kier alpha value is -1.55. The van der Waals surface area contributed by atoms with Gasteiger partial charge in [0.2, 0.25) is 5.91 Å². The Bertz CT molecular complexity index is 310. The van der Waals surface area contributed by atoms with Crippen molar-refractivity contribution in [1.29, 1.82) is 0 Å². The molecule has 1 aromatic carbocycles. The Kier molecular flexibility index (Phi) is 2.30. The smallest absolute Gasteiger partial charge is 0.248 e. The zero-order chi connectivity index (χ0) is 9.14. The molecule has 0 saturated heterocycles. The molecule has 4 heteroatoms. The Balaban J connectivity index is 3.15. The number of hydrogen-bond donors (Lipinski definition) is 3. The number of benzene rings is 1. The van der Waals surface area contributed by atoms with Crippen LogP contribution in [0.25, 0.3) is 0 Å². The summed E-state index contributed by atoms with van der Waals surface area (Å²) in [6.45, 7) is -0.148. The van der Waals surface area contributed by atoms with Gasteiger partial charge in [0.25, 0.3) is 0 Å². The molecule has 0 radical (unpaired) electrons. The predicted molar refractivity (Wildman–Crippen MR) is 45.3 cm³/mol. The highest BCUT2D eigenvalue weighted by Crippen LogP contribution is 2.11. The maximum Gasteiger partial charge on any atom is 0.248 e. The summed E-state index contributed by atoms with van der Waals surface area (Å²) in [5.41, 5.74) is 11.8. The van der Waals surface area contributed by atoms with E-state index in [1.54, 1.807) is 6.07 Å². The first-order chi connectivity index (χ1) is 5.63. The summed E-state index contributed by atoms with van der Waals surface area (Å²) < 4.78 is 0. The monoisotopic (exact) mass is 166 g/mol. The number of hydrogen-bond acceptors (Lipinski definition) is 3. The highest BCUT2D eigenvalue weighted by molar-refractivity contribution is 5.93. The van der Waals surface area contributed by atoms with Gasteiger partial charge in [-0.05, 0) is 23.8 Å². The normalized spacial score (nSPS) is 9.75. The standard InChI is InChI=1S/C8H10N2O2/c9-7-2-5(4-11)1-6(3-7)8(10)12/h1-3,11H,4,9H2,(H2,10,12). The Morgan fingerprint density at radius 3 is 2.58 bits per heavy atom. The summed E-state index contributed by atoms with van der Waals surface area (Å²) in [4.78, 5) is 10.7. The lowest BCUT2D eigenvalue weighted by atomic mass is 10.1. The van der Waals surface area contributed by atoms with Crippen molar-refractivity contribution in [3.63, 3.8) is 0 Å². The van der Waals surface area contributed by atoms with E-state index in [2.05, 4.69) is 0 Å². The molecule has 0 spiro atoms. The van der Waals surface area contributed by atoms with Crippen LogP contribution in [0.1, 0.15) is 15.9 Å². The summed E-state index contributed by atoms with van der Waals surface area (Å²) in [5, 5.41) is 8.76. The van der Waals surface area contributed by atoms with E-state index >= 15 is 0 Å². The van der Waals surface area contributed by atoms with E-state index in [0.717, 1.165) is 0 Å². The van der Waals surface area contributed by atoms with Crippen LogP contribution in [0.15, 0.2) is 18.2 Å². The molecule has 0 fully saturated rings. The molecule has 0 aliphatic carbocycles. The van der Waals surface area contributed by atoms with E-state index in [-0.39, 0.29) is 6.61 Å². The molecule has 0 unspecified atom stereocenters. The molecular formula is C8H10N2O2. The fourth-order valence-corrected chi connectivity index (χ4v) is 0.952. The molecule has 0 atom stereocenters. The quantitative estimate of drug-likeness (QED) is 0.534. The number of carbonyl (C=O) groups is 1. The Morgan fingerprint density at radius 2 is 2.08 bits per heavy atom. The van der Waals surface area contributed by atoms with Crippen LogP contribution in [0.5, 0.6) is 0 Å². The van der Waals surface area contributed by atoms with Crippen molar-refractivity contribution in [3.8, 4) is 0 Å². The van der Waals surface area contributed by atoms with Gasteiger partial charge in [0.1, 0.15) is 0 Å². The summed E-state index contributed by atoms with van der Waals surface area (Å²) in [6.07, 6.45) is 0. The number of primary amides is 1. The molecule has 1 amide bonds. The second-order valence-electron chi connectivity index (χ2n) is 2.49. The molecule has 0 bridgehead atoms. The number of aliphatic hydroxyl groups excluding tert-OH is 1. The topological polar surface area (TPSA) is 89.3 Å². The van der Waals surface area contributed by atoms with E-state index in [0.29, 0.717) is 16.8 Å². The summed E-state index contributed by atoms with van der Waals surface area (Å²) in [7, 11) is 0. The molecular weight excluding hydrogens is 156 g/mol. The first kappa shape index (κ1) is 8.55. The van der Waals surface area contributed by atoms with Crippen molar-refractivity contribution >= 4 is 11.6 Å². The van der Waals surface area contributed by atoms with Crippen molar-refractivity contribution < 1.29 is 9.90 Å². The van der Waals surface area contributed by atoms with Crippen LogP contribution in [-0.2, 0) is 6.61 Å². The zero-order valence-corrected chi connectivity index (χ0v) is 6.45. The average molecular weight is 166 g/mol. The van der Waals surface area contributed by atoms with Crippen molar-refractivity contribution in [1.82, 2.24) is 0 Å². The SMILES string of the molecule is NC(=O)c1cc(N)cc(CO)c1. The first-order valence-corrected chi connectivity index (χ1v) is 3.43. The van der Waals surface area contributed by atoms with Gasteiger partial charge in [-0.25, -0.2) is 0 Å². The van der Waals surface area contributed by atoms with Gasteiger partial charge >= 0.3 is 0 Å². The number of anilines is 1. The minimum atomic E-state index is -0.544. The minimum Gasteiger partial charge on any atom is -0.399 e. The zero-order valence-electron chi connectivity index (χ0n) is 6.45. The molecule has 0 aliphatic rings. The van der Waals surface area contributed by atoms with Gasteiger partial charge in [-0.1, -0.05) is 0 Å². The van der Waals surface area contributed by atoms with Crippen LogP contribution >= 0.6 is 0 Å². The Labute approximate surface area is 69.8 Å². The molecule has 1 aromatic rings. The number of carbonyl (C=O) groups excluding carboxylic acids is 1. The highest BCUT2D eigenvalue weighted by atomic mass is 16.3. The van der Waals surface area contributed by atoms with Gasteiger partial charge in [0, 0.05) is 11.3 Å². The second kappa shape index (κ2) is 3.23. The largest absolute Gasteiger partial charge is 0.399 e. The molecule has 1 rings (SSSR count). The number of amides is 1. The molecule has 0 saturated carbocycles. The number of aliphatic hydroxyl groups is 1. The summed E-state index contributed by atoms with van der Waals surface area (Å²) >= 11 is 0. The lowest BCUT2D eigenvalue weighted by molar-refractivity contribution is 0.1000. The molecule has 0 aromatic heterocycles. The average Bonchev–Trinajstić information content (AvgIpc) is 2.03. The van der Waals surface area contributed by atoms with E-state index in [1.807, 2.05) is 0 Å². The van der Waals surface area contributed by atoms with Crippen LogP contribution in [-0.4, -0.2) is 11.0 Å². The maximum absolute atomic E-state index is 10.7. The maximum atomic E-state index is 10.7. The highest BCUT2D eigenvalue weighted by Gasteiger charge is 2.02. The van der Waals surface area contributed by atoms with Gasteiger partial charge in [-0.3, -0.25) is 4.79 Å². The molecule has 12 heavy (non-hydrogen) atoms. The van der Waals surface area contributed by atoms with Crippen molar-refractivity contribution in [2.45, 2.75) is 6.61 Å². The first-order valence-electron chi connectivity index (χ1n) is 3.43. The third-order valence-electron chi connectivity index (χ3n) is 1.48. The minimum absolute atomic E-state index is 0.148. The lowest BCUT2D eigenvalue weighted by Gasteiger charge is -2.01. The predicted octanol–water partition coefficient (Wildman–Crippen LogP) is -0.140. The molecule has 64 valence electrons. The molecule has 0 aliphatic heterocycles. The van der Waals surface area contributed by atoms with E-state index in [1.165, 1.54) is 12.1 Å². The van der Waals surface area contributed by atoms with Gasteiger partial charge in [0.15, 0.2) is 0 Å². The van der Waals surface area contributed by atoms with E-state index < -0.39 is 5.91 Å².